The SMILES string of the molecule is Cc1ccc(C)c(CN(C)Cc2nnc(C)n2C)c1. The molecule has 0 aliphatic heterocycles. The van der Waals surface area contributed by atoms with Gasteiger partial charge in [-0.3, -0.25) is 4.90 Å². The number of benzene rings is 1. The maximum absolute atomic E-state index is 4.21. The molecule has 0 spiro atoms. The van der Waals surface area contributed by atoms with Crippen molar-refractivity contribution >= 4 is 0 Å². The first-order chi connectivity index (χ1) is 8.97. The predicted octanol–water partition coefficient (Wildman–Crippen LogP) is 2.37. The third-order valence-electron chi connectivity index (χ3n) is 3.54. The summed E-state index contributed by atoms with van der Waals surface area (Å²) in [6.07, 6.45) is 0. The molecule has 2 rings (SSSR count). The molecule has 102 valence electrons. The van der Waals surface area contributed by atoms with E-state index in [2.05, 4.69) is 54.2 Å². The first-order valence-corrected chi connectivity index (χ1v) is 6.57. The van der Waals surface area contributed by atoms with Gasteiger partial charge in [0.1, 0.15) is 11.6 Å². The van der Waals surface area contributed by atoms with Gasteiger partial charge in [0.15, 0.2) is 0 Å². The fourth-order valence-electron chi connectivity index (χ4n) is 2.15. The molecule has 0 N–H and O–H groups in total. The Balaban J connectivity index is 2.07. The van der Waals surface area contributed by atoms with Crippen LogP contribution in [0.5, 0.6) is 0 Å². The molecular weight excluding hydrogens is 236 g/mol. The smallest absolute Gasteiger partial charge is 0.146 e. The van der Waals surface area contributed by atoms with E-state index in [1.54, 1.807) is 0 Å². The first kappa shape index (κ1) is 13.7. The largest absolute Gasteiger partial charge is 0.317 e. The van der Waals surface area contributed by atoms with E-state index in [-0.39, 0.29) is 0 Å². The molecule has 0 amide bonds. The van der Waals surface area contributed by atoms with Crippen LogP contribution in [0, 0.1) is 20.8 Å². The van der Waals surface area contributed by atoms with Crippen LogP contribution >= 0.6 is 0 Å². The highest BCUT2D eigenvalue weighted by molar-refractivity contribution is 5.30. The zero-order valence-corrected chi connectivity index (χ0v) is 12.4. The molecule has 1 heterocycles. The second-order valence-corrected chi connectivity index (χ2v) is 5.32. The van der Waals surface area contributed by atoms with Gasteiger partial charge >= 0.3 is 0 Å². The van der Waals surface area contributed by atoms with E-state index in [1.165, 1.54) is 16.7 Å². The highest BCUT2D eigenvalue weighted by Gasteiger charge is 2.09. The minimum Gasteiger partial charge on any atom is -0.317 e. The lowest BCUT2D eigenvalue weighted by atomic mass is 10.1. The van der Waals surface area contributed by atoms with Crippen molar-refractivity contribution in [1.29, 1.82) is 0 Å². The normalized spacial score (nSPS) is 11.3. The second kappa shape index (κ2) is 5.53. The maximum Gasteiger partial charge on any atom is 0.146 e. The molecule has 0 radical (unpaired) electrons. The monoisotopic (exact) mass is 258 g/mol. The summed E-state index contributed by atoms with van der Waals surface area (Å²) in [6.45, 7) is 8.01. The summed E-state index contributed by atoms with van der Waals surface area (Å²) in [5, 5.41) is 8.30. The molecule has 0 aliphatic carbocycles. The van der Waals surface area contributed by atoms with Gasteiger partial charge in [0, 0.05) is 13.6 Å². The zero-order chi connectivity index (χ0) is 14.0. The van der Waals surface area contributed by atoms with Gasteiger partial charge in [-0.25, -0.2) is 0 Å². The van der Waals surface area contributed by atoms with Crippen LogP contribution in [-0.2, 0) is 20.1 Å². The molecule has 0 bridgehead atoms. The van der Waals surface area contributed by atoms with E-state index in [0.29, 0.717) is 0 Å². The Morgan fingerprint density at radius 1 is 1.11 bits per heavy atom. The lowest BCUT2D eigenvalue weighted by Gasteiger charge is -2.18. The van der Waals surface area contributed by atoms with Crippen LogP contribution in [0.1, 0.15) is 28.3 Å². The summed E-state index contributed by atoms with van der Waals surface area (Å²) >= 11 is 0. The minimum absolute atomic E-state index is 0.810. The summed E-state index contributed by atoms with van der Waals surface area (Å²) in [7, 11) is 4.13. The molecule has 0 aliphatic rings. The Morgan fingerprint density at radius 3 is 2.47 bits per heavy atom. The molecule has 4 nitrogen and oxygen atoms in total. The summed E-state index contributed by atoms with van der Waals surface area (Å²) in [5.74, 6) is 1.96. The highest BCUT2D eigenvalue weighted by Crippen LogP contribution is 2.13. The van der Waals surface area contributed by atoms with Gasteiger partial charge in [-0.15, -0.1) is 10.2 Å². The Morgan fingerprint density at radius 2 is 1.84 bits per heavy atom. The van der Waals surface area contributed by atoms with Gasteiger partial charge in [-0.05, 0) is 38.9 Å². The van der Waals surface area contributed by atoms with Crippen molar-refractivity contribution in [3.05, 3.63) is 46.5 Å². The lowest BCUT2D eigenvalue weighted by molar-refractivity contribution is 0.306. The molecule has 2 aromatic rings. The number of aromatic nitrogens is 3. The fourth-order valence-corrected chi connectivity index (χ4v) is 2.15. The first-order valence-electron chi connectivity index (χ1n) is 6.57. The van der Waals surface area contributed by atoms with Crippen molar-refractivity contribution in [2.24, 2.45) is 7.05 Å². The van der Waals surface area contributed by atoms with E-state index < -0.39 is 0 Å². The zero-order valence-electron chi connectivity index (χ0n) is 12.4. The fraction of sp³-hybridized carbons (Fsp3) is 0.467. The van der Waals surface area contributed by atoms with Crippen LogP contribution < -0.4 is 0 Å². The van der Waals surface area contributed by atoms with Crippen LogP contribution in [-0.4, -0.2) is 26.7 Å². The topological polar surface area (TPSA) is 34.0 Å². The van der Waals surface area contributed by atoms with Gasteiger partial charge in [-0.2, -0.15) is 0 Å². The van der Waals surface area contributed by atoms with Gasteiger partial charge in [0.25, 0.3) is 0 Å². The van der Waals surface area contributed by atoms with Crippen LogP contribution in [0.3, 0.4) is 0 Å². The van der Waals surface area contributed by atoms with Crippen LogP contribution in [0.2, 0.25) is 0 Å². The van der Waals surface area contributed by atoms with Crippen molar-refractivity contribution < 1.29 is 0 Å². The van der Waals surface area contributed by atoms with E-state index in [1.807, 2.05) is 18.5 Å². The third-order valence-corrected chi connectivity index (χ3v) is 3.54. The van der Waals surface area contributed by atoms with Crippen LogP contribution in [0.4, 0.5) is 0 Å². The van der Waals surface area contributed by atoms with Crippen molar-refractivity contribution in [3.63, 3.8) is 0 Å². The second-order valence-electron chi connectivity index (χ2n) is 5.32. The number of rotatable bonds is 4. The summed E-state index contributed by atoms with van der Waals surface area (Å²) < 4.78 is 2.04. The van der Waals surface area contributed by atoms with Gasteiger partial charge in [0.05, 0.1) is 6.54 Å². The quantitative estimate of drug-likeness (QED) is 0.844. The molecule has 0 saturated carbocycles. The average molecular weight is 258 g/mol. The predicted molar refractivity (Wildman–Crippen MR) is 76.8 cm³/mol. The number of hydrogen-bond donors (Lipinski definition) is 0. The van der Waals surface area contributed by atoms with Crippen molar-refractivity contribution in [1.82, 2.24) is 19.7 Å². The number of hydrogen-bond acceptors (Lipinski definition) is 3. The summed E-state index contributed by atoms with van der Waals surface area (Å²) in [5.41, 5.74) is 4.02. The number of nitrogens with zero attached hydrogens (tertiary/aromatic N) is 4. The Bertz CT molecular complexity index is 572. The molecule has 0 unspecified atom stereocenters. The molecule has 0 saturated heterocycles. The van der Waals surface area contributed by atoms with Crippen LogP contribution in [0.15, 0.2) is 18.2 Å². The summed E-state index contributed by atoms with van der Waals surface area (Å²) in [4.78, 5) is 2.27. The molecule has 1 aromatic carbocycles. The Kier molecular flexibility index (Phi) is 4.00. The number of aryl methyl sites for hydroxylation is 3. The molecule has 4 heteroatoms. The summed E-state index contributed by atoms with van der Waals surface area (Å²) in [6, 6.07) is 6.60. The highest BCUT2D eigenvalue weighted by atomic mass is 15.3. The van der Waals surface area contributed by atoms with Gasteiger partial charge < -0.3 is 4.57 Å². The molecule has 0 fully saturated rings. The molecule has 19 heavy (non-hydrogen) atoms. The third kappa shape index (κ3) is 3.20. The van der Waals surface area contributed by atoms with Gasteiger partial charge in [0.2, 0.25) is 0 Å². The molecule has 1 aromatic heterocycles. The van der Waals surface area contributed by atoms with Crippen molar-refractivity contribution in [2.45, 2.75) is 33.9 Å². The standard InChI is InChI=1S/C15H22N4/c1-11-6-7-12(2)14(8-11)9-18(4)10-15-17-16-13(3)19(15)5/h6-8H,9-10H2,1-5H3. The minimum atomic E-state index is 0.810. The van der Waals surface area contributed by atoms with E-state index in [9.17, 15) is 0 Å². The van der Waals surface area contributed by atoms with Crippen LogP contribution in [0.25, 0.3) is 0 Å². The Labute approximate surface area is 115 Å². The average Bonchev–Trinajstić information content (AvgIpc) is 2.66. The van der Waals surface area contributed by atoms with E-state index >= 15 is 0 Å². The van der Waals surface area contributed by atoms with E-state index in [4.69, 9.17) is 0 Å². The van der Waals surface area contributed by atoms with Crippen molar-refractivity contribution in [3.8, 4) is 0 Å². The molecule has 0 atom stereocenters. The van der Waals surface area contributed by atoms with E-state index in [0.717, 1.165) is 24.7 Å². The lowest BCUT2D eigenvalue weighted by Crippen LogP contribution is -2.20. The Hall–Kier alpha value is -1.68. The maximum atomic E-state index is 4.21. The van der Waals surface area contributed by atoms with Gasteiger partial charge in [-0.1, -0.05) is 23.8 Å². The van der Waals surface area contributed by atoms with Crippen molar-refractivity contribution in [2.75, 3.05) is 7.05 Å². The molecular formula is C15H22N4.